The van der Waals surface area contributed by atoms with Gasteiger partial charge in [0.2, 0.25) is 10.0 Å². The van der Waals surface area contributed by atoms with Crippen molar-refractivity contribution >= 4 is 21.6 Å². The number of sulfonamides is 1. The first-order valence-electron chi connectivity index (χ1n) is 8.07. The minimum Gasteiger partial charge on any atom is -0.385 e. The molecule has 3 rings (SSSR count). The second-order valence-corrected chi connectivity index (χ2v) is 8.25. The molecule has 0 saturated carbocycles. The van der Waals surface area contributed by atoms with Crippen LogP contribution in [-0.4, -0.2) is 50.6 Å². The largest absolute Gasteiger partial charge is 0.385 e. The number of benzene rings is 1. The lowest BCUT2D eigenvalue weighted by molar-refractivity contribution is 0.0923. The number of fused-ring (bicyclic) bond motifs is 1. The molecule has 0 aliphatic carbocycles. The Kier molecular flexibility index (Phi) is 4.59. The molecule has 0 spiro atoms. The fourth-order valence-corrected chi connectivity index (χ4v) is 4.19. The van der Waals surface area contributed by atoms with E-state index in [1.54, 1.807) is 0 Å². The highest BCUT2D eigenvalue weighted by Crippen LogP contribution is 2.25. The van der Waals surface area contributed by atoms with Crippen molar-refractivity contribution in [1.29, 1.82) is 0 Å². The highest BCUT2D eigenvalue weighted by atomic mass is 32.2. The zero-order chi connectivity index (χ0) is 16.4. The molecule has 126 valence electrons. The van der Waals surface area contributed by atoms with Crippen LogP contribution in [0.2, 0.25) is 0 Å². The number of amides is 1. The van der Waals surface area contributed by atoms with Gasteiger partial charge in [-0.25, -0.2) is 12.7 Å². The smallest absolute Gasteiger partial charge is 0.251 e. The van der Waals surface area contributed by atoms with E-state index >= 15 is 0 Å². The summed E-state index contributed by atoms with van der Waals surface area (Å²) in [6.07, 6.45) is 4.50. The van der Waals surface area contributed by atoms with Crippen LogP contribution in [0, 0.1) is 0 Å². The molecule has 0 atom stereocenters. The fraction of sp³-hybridized carbons (Fsp3) is 0.562. The first-order valence-corrected chi connectivity index (χ1v) is 9.92. The summed E-state index contributed by atoms with van der Waals surface area (Å²) in [5.41, 5.74) is 2.88. The number of hydrogen-bond donors (Lipinski definition) is 2. The molecule has 1 fully saturated rings. The summed E-state index contributed by atoms with van der Waals surface area (Å²) in [6.45, 7) is 1.89. The van der Waals surface area contributed by atoms with Gasteiger partial charge in [0.1, 0.15) is 0 Å². The summed E-state index contributed by atoms with van der Waals surface area (Å²) in [6, 6.07) is 5.81. The monoisotopic (exact) mass is 337 g/mol. The van der Waals surface area contributed by atoms with Crippen LogP contribution in [0.15, 0.2) is 18.2 Å². The van der Waals surface area contributed by atoms with Gasteiger partial charge in [-0.3, -0.25) is 4.79 Å². The number of nitrogens with one attached hydrogen (secondary N) is 2. The van der Waals surface area contributed by atoms with Crippen LogP contribution in [0.4, 0.5) is 5.69 Å². The Morgan fingerprint density at radius 2 is 2.04 bits per heavy atom. The van der Waals surface area contributed by atoms with E-state index < -0.39 is 10.0 Å². The lowest BCUT2D eigenvalue weighted by atomic mass is 9.96. The number of hydrogen-bond acceptors (Lipinski definition) is 4. The van der Waals surface area contributed by atoms with Crippen molar-refractivity contribution < 1.29 is 13.2 Å². The van der Waals surface area contributed by atoms with E-state index in [4.69, 9.17) is 0 Å². The summed E-state index contributed by atoms with van der Waals surface area (Å²) in [4.78, 5) is 12.6. The molecule has 0 unspecified atom stereocenters. The number of nitrogens with zero attached hydrogens (tertiary/aromatic N) is 1. The zero-order valence-corrected chi connectivity index (χ0v) is 14.2. The standard InChI is InChI=1S/C16H23N3O3S/c1-23(21,22)19-10-7-12(8-11-19)18-16(20)14-4-2-6-15-13(14)5-3-9-17-15/h2,4,6,12,17H,3,5,7-11H2,1H3,(H,18,20). The Morgan fingerprint density at radius 1 is 1.30 bits per heavy atom. The molecular weight excluding hydrogens is 314 g/mol. The molecule has 1 saturated heterocycles. The van der Waals surface area contributed by atoms with E-state index in [0.29, 0.717) is 25.9 Å². The molecule has 6 nitrogen and oxygen atoms in total. The minimum absolute atomic E-state index is 0.0351. The Hall–Kier alpha value is -1.60. The van der Waals surface area contributed by atoms with Gasteiger partial charge < -0.3 is 10.6 Å². The molecule has 0 aromatic heterocycles. The molecule has 1 aromatic carbocycles. The molecule has 0 bridgehead atoms. The van der Waals surface area contributed by atoms with E-state index in [1.165, 1.54) is 10.6 Å². The third-order valence-electron chi connectivity index (χ3n) is 4.60. The summed E-state index contributed by atoms with van der Waals surface area (Å²) in [5.74, 6) is -0.0524. The van der Waals surface area contributed by atoms with Gasteiger partial charge in [-0.2, -0.15) is 0 Å². The average molecular weight is 337 g/mol. The maximum atomic E-state index is 12.6. The SMILES string of the molecule is CS(=O)(=O)N1CCC(NC(=O)c2cccc3c2CCCN3)CC1. The molecular formula is C16H23N3O3S. The zero-order valence-electron chi connectivity index (χ0n) is 13.3. The maximum Gasteiger partial charge on any atom is 0.251 e. The molecule has 2 heterocycles. The second-order valence-electron chi connectivity index (χ2n) is 6.27. The molecule has 0 radical (unpaired) electrons. The fourth-order valence-electron chi connectivity index (χ4n) is 3.32. The highest BCUT2D eigenvalue weighted by molar-refractivity contribution is 7.88. The van der Waals surface area contributed by atoms with Crippen LogP contribution >= 0.6 is 0 Å². The summed E-state index contributed by atoms with van der Waals surface area (Å²) >= 11 is 0. The van der Waals surface area contributed by atoms with Crippen LogP contribution < -0.4 is 10.6 Å². The minimum atomic E-state index is -3.13. The van der Waals surface area contributed by atoms with Gasteiger partial charge in [0.05, 0.1) is 6.26 Å². The predicted octanol–water partition coefficient (Wildman–Crippen LogP) is 1.20. The first-order chi connectivity index (χ1) is 10.9. The van der Waals surface area contributed by atoms with Crippen LogP contribution in [0.5, 0.6) is 0 Å². The van der Waals surface area contributed by atoms with E-state index in [0.717, 1.165) is 36.2 Å². The predicted molar refractivity (Wildman–Crippen MR) is 90.2 cm³/mol. The Labute approximate surface area is 137 Å². The van der Waals surface area contributed by atoms with E-state index in [2.05, 4.69) is 10.6 Å². The van der Waals surface area contributed by atoms with Crippen molar-refractivity contribution in [1.82, 2.24) is 9.62 Å². The molecule has 23 heavy (non-hydrogen) atoms. The molecule has 2 N–H and O–H groups in total. The second kappa shape index (κ2) is 6.49. The Balaban J connectivity index is 1.65. The Morgan fingerprint density at radius 3 is 2.74 bits per heavy atom. The van der Waals surface area contributed by atoms with Gasteiger partial charge >= 0.3 is 0 Å². The van der Waals surface area contributed by atoms with Gasteiger partial charge in [0.25, 0.3) is 5.91 Å². The van der Waals surface area contributed by atoms with Crippen LogP contribution in [0.25, 0.3) is 0 Å². The number of anilines is 1. The van der Waals surface area contributed by atoms with Crippen LogP contribution in [0.1, 0.15) is 35.2 Å². The lowest BCUT2D eigenvalue weighted by Gasteiger charge is -2.31. The normalized spacial score (nSPS) is 19.7. The maximum absolute atomic E-state index is 12.6. The summed E-state index contributed by atoms with van der Waals surface area (Å²) in [5, 5.41) is 6.40. The van der Waals surface area contributed by atoms with Gasteiger partial charge in [-0.05, 0) is 43.4 Å². The number of carbonyl (C=O) groups excluding carboxylic acids is 1. The van der Waals surface area contributed by atoms with Gasteiger partial charge in [-0.15, -0.1) is 0 Å². The quantitative estimate of drug-likeness (QED) is 0.869. The lowest BCUT2D eigenvalue weighted by Crippen LogP contribution is -2.46. The van der Waals surface area contributed by atoms with Crippen molar-refractivity contribution in [3.63, 3.8) is 0 Å². The number of carbonyl (C=O) groups is 1. The molecule has 2 aliphatic rings. The van der Waals surface area contributed by atoms with Gasteiger partial charge in [0.15, 0.2) is 0 Å². The Bertz CT molecular complexity index is 695. The molecule has 1 amide bonds. The topological polar surface area (TPSA) is 78.5 Å². The molecule has 7 heteroatoms. The van der Waals surface area contributed by atoms with Crippen molar-refractivity contribution in [3.05, 3.63) is 29.3 Å². The molecule has 1 aromatic rings. The summed E-state index contributed by atoms with van der Waals surface area (Å²) < 4.78 is 24.5. The van der Waals surface area contributed by atoms with E-state index in [-0.39, 0.29) is 11.9 Å². The van der Waals surface area contributed by atoms with Gasteiger partial charge in [0, 0.05) is 36.9 Å². The van der Waals surface area contributed by atoms with Crippen molar-refractivity contribution in [3.8, 4) is 0 Å². The first kappa shape index (κ1) is 16.3. The van der Waals surface area contributed by atoms with Gasteiger partial charge in [-0.1, -0.05) is 6.07 Å². The molecule has 2 aliphatic heterocycles. The van der Waals surface area contributed by atoms with E-state index in [9.17, 15) is 13.2 Å². The highest BCUT2D eigenvalue weighted by Gasteiger charge is 2.26. The van der Waals surface area contributed by atoms with E-state index in [1.807, 2.05) is 18.2 Å². The van der Waals surface area contributed by atoms with Crippen molar-refractivity contribution in [2.24, 2.45) is 0 Å². The summed E-state index contributed by atoms with van der Waals surface area (Å²) in [7, 11) is -3.13. The van der Waals surface area contributed by atoms with Crippen LogP contribution in [-0.2, 0) is 16.4 Å². The third kappa shape index (κ3) is 3.67. The number of piperidine rings is 1. The average Bonchev–Trinajstić information content (AvgIpc) is 2.54. The van der Waals surface area contributed by atoms with Crippen molar-refractivity contribution in [2.45, 2.75) is 31.7 Å². The van der Waals surface area contributed by atoms with Crippen molar-refractivity contribution in [2.75, 3.05) is 31.2 Å². The van der Waals surface area contributed by atoms with Crippen LogP contribution in [0.3, 0.4) is 0 Å². The third-order valence-corrected chi connectivity index (χ3v) is 5.90. The number of rotatable bonds is 3.